The molecular weight excluding hydrogens is 380 g/mol. The van der Waals surface area contributed by atoms with E-state index in [9.17, 15) is 4.79 Å². The van der Waals surface area contributed by atoms with Gasteiger partial charge < -0.3 is 4.42 Å². The molecule has 4 aromatic rings. The van der Waals surface area contributed by atoms with Crippen LogP contribution in [0.25, 0.3) is 10.8 Å². The highest BCUT2D eigenvalue weighted by molar-refractivity contribution is 5.86. The fraction of sp³-hybridized carbons (Fsp3) is 0.207. The van der Waals surface area contributed by atoms with Crippen molar-refractivity contribution in [2.24, 2.45) is 0 Å². The summed E-state index contributed by atoms with van der Waals surface area (Å²) in [5, 5.41) is 1.59. The molecule has 0 amide bonds. The molecule has 0 aliphatic heterocycles. The van der Waals surface area contributed by atoms with Gasteiger partial charge in [-0.3, -0.25) is 0 Å². The van der Waals surface area contributed by atoms with Crippen LogP contribution < -0.4 is 5.63 Å². The number of benzene rings is 3. The van der Waals surface area contributed by atoms with Gasteiger partial charge in [0, 0.05) is 23.8 Å². The van der Waals surface area contributed by atoms with Crippen molar-refractivity contribution in [1.29, 1.82) is 0 Å². The number of aryl methyl sites for hydroxylation is 1. The van der Waals surface area contributed by atoms with E-state index < -0.39 is 0 Å². The molecule has 1 atom stereocenters. The highest BCUT2D eigenvalue weighted by atomic mass is 16.4. The third kappa shape index (κ3) is 4.25. The van der Waals surface area contributed by atoms with Crippen LogP contribution in [0.4, 0.5) is 0 Å². The summed E-state index contributed by atoms with van der Waals surface area (Å²) in [6.07, 6.45) is 4.77. The largest absolute Gasteiger partial charge is 0.427 e. The predicted octanol–water partition coefficient (Wildman–Crippen LogP) is 7.24. The third-order valence-corrected chi connectivity index (χ3v) is 5.97. The molecule has 0 bridgehead atoms. The Morgan fingerprint density at radius 2 is 1.39 bits per heavy atom. The van der Waals surface area contributed by atoms with E-state index in [-0.39, 0.29) is 17.5 Å². The number of hydrogen-bond donors (Lipinski definition) is 0. The van der Waals surface area contributed by atoms with Gasteiger partial charge in [-0.05, 0) is 29.0 Å². The fourth-order valence-electron chi connectivity index (χ4n) is 4.50. The van der Waals surface area contributed by atoms with Crippen LogP contribution in [0.5, 0.6) is 0 Å². The lowest BCUT2D eigenvalue weighted by molar-refractivity contribution is 0.448. The Labute approximate surface area is 183 Å². The molecule has 2 nitrogen and oxygen atoms in total. The summed E-state index contributed by atoms with van der Waals surface area (Å²) in [7, 11) is 0. The zero-order valence-electron chi connectivity index (χ0n) is 18.0. The minimum atomic E-state index is -0.260. The molecule has 1 aromatic heterocycles. The van der Waals surface area contributed by atoms with Crippen molar-refractivity contribution < 1.29 is 4.42 Å². The Balaban J connectivity index is 1.99. The highest BCUT2D eigenvalue weighted by Crippen LogP contribution is 2.42. The smallest absolute Gasteiger partial charge is 0.343 e. The van der Waals surface area contributed by atoms with Crippen LogP contribution in [-0.4, -0.2) is 0 Å². The Hall–Kier alpha value is -3.39. The number of unbranched alkanes of at least 4 members (excludes halogenated alkanes) is 1. The first-order chi connectivity index (χ1) is 15.2. The van der Waals surface area contributed by atoms with Gasteiger partial charge >= 0.3 is 5.63 Å². The number of hydrogen-bond acceptors (Lipinski definition) is 2. The molecule has 0 fully saturated rings. The molecule has 4 rings (SSSR count). The van der Waals surface area contributed by atoms with Gasteiger partial charge in [-0.25, -0.2) is 4.79 Å². The first kappa shape index (κ1) is 20.9. The Morgan fingerprint density at radius 3 is 1.94 bits per heavy atom. The molecule has 2 heteroatoms. The molecule has 0 spiro atoms. The van der Waals surface area contributed by atoms with Crippen LogP contribution >= 0.6 is 0 Å². The maximum Gasteiger partial charge on any atom is 0.343 e. The van der Waals surface area contributed by atoms with Crippen molar-refractivity contribution in [3.63, 3.8) is 0 Å². The van der Waals surface area contributed by atoms with Crippen molar-refractivity contribution in [1.82, 2.24) is 0 Å². The molecule has 0 aliphatic carbocycles. The molecular formula is C29H28O2. The molecule has 1 unspecified atom stereocenters. The normalized spacial score (nSPS) is 12.2. The predicted molar refractivity (Wildman–Crippen MR) is 129 cm³/mol. The Bertz CT molecular complexity index is 1170. The SMILES string of the molecule is C=CC(c1c(CCCC)oc(=O)c2ccccc12)C(c1ccccc1)c1ccccc1. The fourth-order valence-corrected chi connectivity index (χ4v) is 4.50. The van der Waals surface area contributed by atoms with Crippen LogP contribution in [0, 0.1) is 0 Å². The van der Waals surface area contributed by atoms with Gasteiger partial charge in [0.05, 0.1) is 5.39 Å². The van der Waals surface area contributed by atoms with E-state index in [2.05, 4.69) is 62.0 Å². The maximum atomic E-state index is 12.7. The topological polar surface area (TPSA) is 30.2 Å². The van der Waals surface area contributed by atoms with Gasteiger partial charge in [-0.15, -0.1) is 6.58 Å². The van der Waals surface area contributed by atoms with Crippen LogP contribution in [0.1, 0.15) is 54.1 Å². The van der Waals surface area contributed by atoms with Crippen LogP contribution in [-0.2, 0) is 6.42 Å². The molecule has 0 radical (unpaired) electrons. The Kier molecular flexibility index (Phi) is 6.47. The Morgan fingerprint density at radius 1 is 0.839 bits per heavy atom. The second-order valence-corrected chi connectivity index (χ2v) is 7.94. The van der Waals surface area contributed by atoms with Crippen molar-refractivity contribution in [2.75, 3.05) is 0 Å². The first-order valence-corrected chi connectivity index (χ1v) is 11.0. The summed E-state index contributed by atoms with van der Waals surface area (Å²) >= 11 is 0. The second kappa shape index (κ2) is 9.61. The summed E-state index contributed by atoms with van der Waals surface area (Å²) in [4.78, 5) is 12.7. The summed E-state index contributed by atoms with van der Waals surface area (Å²) in [5.41, 5.74) is 3.26. The first-order valence-electron chi connectivity index (χ1n) is 11.0. The summed E-state index contributed by atoms with van der Waals surface area (Å²) < 4.78 is 5.93. The van der Waals surface area contributed by atoms with E-state index in [4.69, 9.17) is 4.42 Å². The highest BCUT2D eigenvalue weighted by Gasteiger charge is 2.29. The second-order valence-electron chi connectivity index (χ2n) is 7.94. The van der Waals surface area contributed by atoms with Crippen molar-refractivity contribution in [3.8, 4) is 0 Å². The van der Waals surface area contributed by atoms with Crippen molar-refractivity contribution in [2.45, 2.75) is 38.0 Å². The van der Waals surface area contributed by atoms with Gasteiger partial charge in [-0.1, -0.05) is 98.3 Å². The van der Waals surface area contributed by atoms with Crippen LogP contribution in [0.15, 0.2) is 107 Å². The summed E-state index contributed by atoms with van der Waals surface area (Å²) in [6, 6.07) is 28.8. The molecule has 31 heavy (non-hydrogen) atoms. The average molecular weight is 409 g/mol. The van der Waals surface area contributed by atoms with Crippen molar-refractivity contribution >= 4 is 10.8 Å². The minimum absolute atomic E-state index is 0.0362. The van der Waals surface area contributed by atoms with Gasteiger partial charge in [0.1, 0.15) is 5.76 Å². The summed E-state index contributed by atoms with van der Waals surface area (Å²) in [5.74, 6) is 0.814. The van der Waals surface area contributed by atoms with Crippen LogP contribution in [0.2, 0.25) is 0 Å². The quantitative estimate of drug-likeness (QED) is 0.288. The number of fused-ring (bicyclic) bond motifs is 1. The van der Waals surface area contributed by atoms with E-state index in [0.29, 0.717) is 5.39 Å². The van der Waals surface area contributed by atoms with E-state index in [1.807, 2.05) is 42.5 Å². The van der Waals surface area contributed by atoms with E-state index in [1.54, 1.807) is 0 Å². The molecule has 0 saturated heterocycles. The van der Waals surface area contributed by atoms with Gasteiger partial charge in [0.15, 0.2) is 0 Å². The van der Waals surface area contributed by atoms with E-state index >= 15 is 0 Å². The molecule has 156 valence electrons. The lowest BCUT2D eigenvalue weighted by Gasteiger charge is -2.28. The molecule has 0 aliphatic rings. The zero-order chi connectivity index (χ0) is 21.6. The average Bonchev–Trinajstić information content (AvgIpc) is 2.83. The van der Waals surface area contributed by atoms with Gasteiger partial charge in [0.25, 0.3) is 0 Å². The zero-order valence-corrected chi connectivity index (χ0v) is 18.0. The van der Waals surface area contributed by atoms with E-state index in [1.165, 1.54) is 11.1 Å². The summed E-state index contributed by atoms with van der Waals surface area (Å²) in [6.45, 7) is 6.39. The molecule has 0 saturated carbocycles. The minimum Gasteiger partial charge on any atom is -0.427 e. The maximum absolute atomic E-state index is 12.7. The lowest BCUT2D eigenvalue weighted by Crippen LogP contribution is -2.16. The number of allylic oxidation sites excluding steroid dienone is 1. The molecule has 0 N–H and O–H groups in total. The van der Waals surface area contributed by atoms with E-state index in [0.717, 1.165) is 36.0 Å². The van der Waals surface area contributed by atoms with Gasteiger partial charge in [-0.2, -0.15) is 0 Å². The monoisotopic (exact) mass is 408 g/mol. The number of rotatable bonds is 8. The molecule has 1 heterocycles. The molecule has 3 aromatic carbocycles. The van der Waals surface area contributed by atoms with Crippen LogP contribution in [0.3, 0.4) is 0 Å². The van der Waals surface area contributed by atoms with Crippen molar-refractivity contribution in [3.05, 3.63) is 130 Å². The third-order valence-electron chi connectivity index (χ3n) is 5.97. The lowest BCUT2D eigenvalue weighted by atomic mass is 9.75. The standard InChI is InChI=1S/C29H28O2/c1-3-5-20-26-28(24-18-12-13-19-25(24)29(30)31-26)23(4-2)27(21-14-8-6-9-15-21)22-16-10-7-11-17-22/h4,6-19,23,27H,2-3,5,20H2,1H3. The van der Waals surface area contributed by atoms with Gasteiger partial charge in [0.2, 0.25) is 0 Å².